The lowest BCUT2D eigenvalue weighted by Gasteiger charge is -2.57. The van der Waals surface area contributed by atoms with Crippen molar-refractivity contribution in [2.24, 2.45) is 11.8 Å². The minimum Gasteiger partial charge on any atom is -0.389 e. The Kier molecular flexibility index (Phi) is 5.18. The predicted octanol–water partition coefficient (Wildman–Crippen LogP) is 1.91. The minimum absolute atomic E-state index is 0.0238. The summed E-state index contributed by atoms with van der Waals surface area (Å²) in [4.78, 5) is 14.8. The number of benzene rings is 1. The van der Waals surface area contributed by atoms with Gasteiger partial charge in [-0.25, -0.2) is 8.78 Å². The van der Waals surface area contributed by atoms with Crippen LogP contribution in [0.1, 0.15) is 24.8 Å². The van der Waals surface area contributed by atoms with Crippen molar-refractivity contribution in [2.45, 2.75) is 37.3 Å². The highest BCUT2D eigenvalue weighted by Crippen LogP contribution is 2.44. The lowest BCUT2D eigenvalue weighted by atomic mass is 9.66. The molecular weight excluding hydrogens is 356 g/mol. The highest BCUT2D eigenvalue weighted by molar-refractivity contribution is 5.77. The van der Waals surface area contributed by atoms with Crippen LogP contribution < -0.4 is 0 Å². The van der Waals surface area contributed by atoms with E-state index in [1.807, 2.05) is 4.90 Å². The molecule has 7 heteroatoms. The lowest BCUT2D eigenvalue weighted by Crippen LogP contribution is -2.68. The molecule has 1 amide bonds. The van der Waals surface area contributed by atoms with Gasteiger partial charge >= 0.3 is 0 Å². The van der Waals surface area contributed by atoms with Crippen molar-refractivity contribution in [1.82, 2.24) is 4.90 Å². The van der Waals surface area contributed by atoms with Gasteiger partial charge in [0.15, 0.2) is 11.6 Å². The maximum absolute atomic E-state index is 13.4. The first kappa shape index (κ1) is 18.8. The number of halogens is 2. The van der Waals surface area contributed by atoms with E-state index in [-0.39, 0.29) is 30.2 Å². The normalized spacial score (nSPS) is 33.3. The predicted molar refractivity (Wildman–Crippen MR) is 93.0 cm³/mol. The molecule has 27 heavy (non-hydrogen) atoms. The summed E-state index contributed by atoms with van der Waals surface area (Å²) in [5.74, 6) is -2.04. The first-order chi connectivity index (χ1) is 13.0. The van der Waals surface area contributed by atoms with Crippen LogP contribution in [-0.2, 0) is 20.7 Å². The molecule has 3 saturated heterocycles. The zero-order valence-electron chi connectivity index (χ0n) is 15.2. The average molecular weight is 381 g/mol. The molecule has 4 rings (SSSR count). The van der Waals surface area contributed by atoms with Crippen molar-refractivity contribution in [3.05, 3.63) is 35.4 Å². The molecule has 0 unspecified atom stereocenters. The number of carbonyl (C=O) groups excluding carboxylic acids is 1. The molecule has 4 atom stereocenters. The largest absolute Gasteiger partial charge is 0.389 e. The number of rotatable bonds is 3. The Hall–Kier alpha value is -1.57. The maximum atomic E-state index is 13.4. The number of fused-ring (bicyclic) bond motifs is 3. The summed E-state index contributed by atoms with van der Waals surface area (Å²) in [5.41, 5.74) is -0.250. The molecule has 3 aliphatic heterocycles. The van der Waals surface area contributed by atoms with E-state index in [2.05, 4.69) is 0 Å². The summed E-state index contributed by atoms with van der Waals surface area (Å²) in [5, 5.41) is 11.3. The first-order valence-corrected chi connectivity index (χ1v) is 9.60. The molecule has 0 aliphatic carbocycles. The topological polar surface area (TPSA) is 59.0 Å². The van der Waals surface area contributed by atoms with Crippen LogP contribution in [0.4, 0.5) is 8.78 Å². The Bertz CT molecular complexity index is 715. The van der Waals surface area contributed by atoms with Crippen LogP contribution in [0.2, 0.25) is 0 Å². The Morgan fingerprint density at radius 1 is 1.22 bits per heavy atom. The molecule has 3 aliphatic rings. The van der Waals surface area contributed by atoms with E-state index in [1.54, 1.807) is 0 Å². The fraction of sp³-hybridized carbons (Fsp3) is 0.650. The number of amides is 1. The SMILES string of the molecule is O=C(CCc1ccc(F)c(F)c1)N1C[C@H]2COCC[C@@]2(O)[C@@H]2COCC[C@@H]21. The molecule has 0 radical (unpaired) electrons. The number of aliphatic hydroxyl groups is 1. The van der Waals surface area contributed by atoms with Crippen LogP contribution in [-0.4, -0.2) is 60.5 Å². The van der Waals surface area contributed by atoms with E-state index in [9.17, 15) is 18.7 Å². The fourth-order valence-electron chi connectivity index (χ4n) is 4.84. The van der Waals surface area contributed by atoms with Gasteiger partial charge < -0.3 is 19.5 Å². The lowest BCUT2D eigenvalue weighted by molar-refractivity contribution is -0.219. The summed E-state index contributed by atoms with van der Waals surface area (Å²) in [7, 11) is 0. The molecule has 0 spiro atoms. The average Bonchev–Trinajstić information content (AvgIpc) is 2.68. The Morgan fingerprint density at radius 3 is 2.85 bits per heavy atom. The van der Waals surface area contributed by atoms with Crippen LogP contribution in [0.25, 0.3) is 0 Å². The third kappa shape index (κ3) is 3.48. The molecule has 1 aromatic carbocycles. The van der Waals surface area contributed by atoms with Crippen molar-refractivity contribution >= 4 is 5.91 Å². The number of hydrogen-bond acceptors (Lipinski definition) is 4. The number of nitrogens with zero attached hydrogens (tertiary/aromatic N) is 1. The van der Waals surface area contributed by atoms with E-state index in [4.69, 9.17) is 9.47 Å². The molecule has 3 fully saturated rings. The second kappa shape index (κ2) is 7.45. The van der Waals surface area contributed by atoms with Gasteiger partial charge in [0.05, 0.1) is 18.8 Å². The van der Waals surface area contributed by atoms with Crippen molar-refractivity contribution in [3.8, 4) is 0 Å². The second-order valence-electron chi connectivity index (χ2n) is 7.85. The van der Waals surface area contributed by atoms with Gasteiger partial charge in [0.2, 0.25) is 5.91 Å². The fourth-order valence-corrected chi connectivity index (χ4v) is 4.84. The molecule has 5 nitrogen and oxygen atoms in total. The van der Waals surface area contributed by atoms with Crippen LogP contribution in [0.3, 0.4) is 0 Å². The maximum Gasteiger partial charge on any atom is 0.223 e. The molecule has 0 saturated carbocycles. The number of carbonyl (C=O) groups is 1. The van der Waals surface area contributed by atoms with Gasteiger partial charge in [-0.1, -0.05) is 6.07 Å². The zero-order valence-corrected chi connectivity index (χ0v) is 15.2. The van der Waals surface area contributed by atoms with E-state index in [0.717, 1.165) is 12.1 Å². The van der Waals surface area contributed by atoms with Crippen LogP contribution >= 0.6 is 0 Å². The van der Waals surface area contributed by atoms with Gasteiger partial charge in [0.1, 0.15) is 0 Å². The molecule has 148 valence electrons. The number of aryl methyl sites for hydroxylation is 1. The highest BCUT2D eigenvalue weighted by Gasteiger charge is 2.56. The van der Waals surface area contributed by atoms with Gasteiger partial charge in [0, 0.05) is 50.5 Å². The molecule has 1 aromatic rings. The van der Waals surface area contributed by atoms with Gasteiger partial charge in [-0.15, -0.1) is 0 Å². The van der Waals surface area contributed by atoms with Crippen molar-refractivity contribution in [1.29, 1.82) is 0 Å². The van der Waals surface area contributed by atoms with Gasteiger partial charge in [-0.3, -0.25) is 4.79 Å². The smallest absolute Gasteiger partial charge is 0.223 e. The quantitative estimate of drug-likeness (QED) is 0.869. The van der Waals surface area contributed by atoms with Crippen LogP contribution in [0, 0.1) is 23.5 Å². The standard InChI is InChI=1S/C20H25F2NO4/c21-16-3-1-13(9-17(16)22)2-4-19(24)23-10-14-11-27-8-6-20(14,25)15-12-26-7-5-18(15)23/h1,3,9,14-15,18,25H,2,4-8,10-12H2/t14-,15+,18-,20-/m0/s1. The Balaban J connectivity index is 1.48. The molecule has 0 bridgehead atoms. The Labute approximate surface area is 157 Å². The zero-order chi connectivity index (χ0) is 19.0. The number of likely N-dealkylation sites (tertiary alicyclic amines) is 1. The molecular formula is C20H25F2NO4. The van der Waals surface area contributed by atoms with E-state index in [0.29, 0.717) is 57.8 Å². The summed E-state index contributed by atoms with van der Waals surface area (Å²) in [6.45, 7) is 2.46. The van der Waals surface area contributed by atoms with E-state index < -0.39 is 17.2 Å². The second-order valence-corrected chi connectivity index (χ2v) is 7.85. The van der Waals surface area contributed by atoms with Crippen LogP contribution in [0.15, 0.2) is 18.2 Å². The first-order valence-electron chi connectivity index (χ1n) is 9.60. The van der Waals surface area contributed by atoms with Crippen molar-refractivity contribution in [2.75, 3.05) is 33.0 Å². The third-order valence-corrected chi connectivity index (χ3v) is 6.38. The van der Waals surface area contributed by atoms with E-state index >= 15 is 0 Å². The number of piperidine rings is 1. The summed E-state index contributed by atoms with van der Waals surface area (Å²) >= 11 is 0. The van der Waals surface area contributed by atoms with E-state index in [1.165, 1.54) is 6.07 Å². The highest BCUT2D eigenvalue weighted by atomic mass is 19.2. The van der Waals surface area contributed by atoms with Gasteiger partial charge in [-0.2, -0.15) is 0 Å². The van der Waals surface area contributed by atoms with Gasteiger partial charge in [0.25, 0.3) is 0 Å². The monoisotopic (exact) mass is 381 g/mol. The summed E-state index contributed by atoms with van der Waals surface area (Å²) < 4.78 is 37.6. The minimum atomic E-state index is -0.896. The summed E-state index contributed by atoms with van der Waals surface area (Å²) in [6.07, 6.45) is 1.85. The van der Waals surface area contributed by atoms with Crippen LogP contribution in [0.5, 0.6) is 0 Å². The molecule has 1 N–H and O–H groups in total. The third-order valence-electron chi connectivity index (χ3n) is 6.38. The Morgan fingerprint density at radius 2 is 2.04 bits per heavy atom. The molecule has 3 heterocycles. The summed E-state index contributed by atoms with van der Waals surface area (Å²) in [6, 6.07) is 3.69. The van der Waals surface area contributed by atoms with Crippen molar-refractivity contribution in [3.63, 3.8) is 0 Å². The number of hydrogen-bond donors (Lipinski definition) is 1. The number of ether oxygens (including phenoxy) is 2. The van der Waals surface area contributed by atoms with Gasteiger partial charge in [-0.05, 0) is 30.5 Å². The van der Waals surface area contributed by atoms with Crippen molar-refractivity contribution < 1.29 is 28.2 Å². The molecule has 0 aromatic heterocycles.